The molecular weight excluding hydrogens is 122 g/mol. The van der Waals surface area contributed by atoms with Gasteiger partial charge in [0, 0.05) is 0 Å². The molecule has 54 valence electrons. The fourth-order valence-electron chi connectivity index (χ4n) is 0.631. The van der Waals surface area contributed by atoms with Crippen LogP contribution < -0.4 is 0 Å². The highest BCUT2D eigenvalue weighted by Crippen LogP contribution is 1.97. The van der Waals surface area contributed by atoms with Gasteiger partial charge in [0.1, 0.15) is 20.3 Å². The van der Waals surface area contributed by atoms with Crippen LogP contribution in [0.15, 0.2) is 0 Å². The van der Waals surface area contributed by atoms with Crippen molar-refractivity contribution in [3.05, 3.63) is 0 Å². The summed E-state index contributed by atoms with van der Waals surface area (Å²) < 4.78 is 9.83. The number of hydroxylamine groups is 2. The second-order valence-electron chi connectivity index (χ2n) is 1.68. The van der Waals surface area contributed by atoms with E-state index in [1.807, 2.05) is 6.92 Å². The van der Waals surface area contributed by atoms with Gasteiger partial charge >= 0.3 is 0 Å². The summed E-state index contributed by atoms with van der Waals surface area (Å²) in [4.78, 5) is 5.07. The van der Waals surface area contributed by atoms with E-state index in [9.17, 15) is 0 Å². The normalized spacial score (nSPS) is 22.3. The van der Waals surface area contributed by atoms with Gasteiger partial charge in [0.05, 0.1) is 6.61 Å². The third-order valence-corrected chi connectivity index (χ3v) is 0.949. The quantitative estimate of drug-likeness (QED) is 0.537. The van der Waals surface area contributed by atoms with Crippen molar-refractivity contribution in [2.75, 3.05) is 26.9 Å². The van der Waals surface area contributed by atoms with E-state index in [0.29, 0.717) is 26.9 Å². The number of rotatable bonds is 2. The Morgan fingerprint density at radius 3 is 2.67 bits per heavy atom. The van der Waals surface area contributed by atoms with Crippen molar-refractivity contribution >= 4 is 0 Å². The zero-order chi connectivity index (χ0) is 6.53. The van der Waals surface area contributed by atoms with Crippen molar-refractivity contribution in [2.45, 2.75) is 6.92 Å². The smallest absolute Gasteiger partial charge is 0.150 e. The maximum Gasteiger partial charge on any atom is 0.150 e. The highest BCUT2D eigenvalue weighted by atomic mass is 16.8. The molecule has 4 nitrogen and oxygen atoms in total. The van der Waals surface area contributed by atoms with E-state index in [1.54, 1.807) is 5.06 Å². The lowest BCUT2D eigenvalue weighted by Crippen LogP contribution is -2.34. The molecular formula is C5H11NO3. The minimum atomic E-state index is 0.379. The molecule has 1 aliphatic rings. The molecule has 0 spiro atoms. The Kier molecular flexibility index (Phi) is 2.93. The van der Waals surface area contributed by atoms with Crippen LogP contribution in [0.2, 0.25) is 0 Å². The molecule has 0 aromatic heterocycles. The fraction of sp³-hybridized carbons (Fsp3) is 1.00. The van der Waals surface area contributed by atoms with E-state index in [2.05, 4.69) is 0 Å². The van der Waals surface area contributed by atoms with Crippen LogP contribution >= 0.6 is 0 Å². The Labute approximate surface area is 54.2 Å². The van der Waals surface area contributed by atoms with E-state index in [1.165, 1.54) is 0 Å². The topological polar surface area (TPSA) is 30.9 Å². The number of hydrogen-bond donors (Lipinski definition) is 0. The van der Waals surface area contributed by atoms with Gasteiger partial charge in [-0.05, 0) is 6.92 Å². The first-order valence-corrected chi connectivity index (χ1v) is 2.97. The van der Waals surface area contributed by atoms with Crippen LogP contribution in [0.5, 0.6) is 0 Å². The molecule has 0 atom stereocenters. The van der Waals surface area contributed by atoms with Gasteiger partial charge in [-0.15, -0.1) is 5.06 Å². The van der Waals surface area contributed by atoms with Gasteiger partial charge in [-0.1, -0.05) is 0 Å². The maximum absolute atomic E-state index is 5.07. The van der Waals surface area contributed by atoms with E-state index in [4.69, 9.17) is 14.3 Å². The van der Waals surface area contributed by atoms with Gasteiger partial charge in [-0.3, -0.25) is 4.84 Å². The Morgan fingerprint density at radius 1 is 1.44 bits per heavy atom. The zero-order valence-electron chi connectivity index (χ0n) is 5.50. The molecule has 1 heterocycles. The molecule has 0 aromatic carbocycles. The van der Waals surface area contributed by atoms with E-state index in [0.717, 1.165) is 0 Å². The summed E-state index contributed by atoms with van der Waals surface area (Å²) in [6.07, 6.45) is 0. The molecule has 0 N–H and O–H groups in total. The average Bonchev–Trinajstić information content (AvgIpc) is 1.91. The molecule has 0 aromatic rings. The van der Waals surface area contributed by atoms with Crippen molar-refractivity contribution in [3.63, 3.8) is 0 Å². The number of ether oxygens (including phenoxy) is 2. The first-order chi connectivity index (χ1) is 4.43. The molecule has 1 aliphatic heterocycles. The molecule has 0 aliphatic carbocycles. The molecule has 0 radical (unpaired) electrons. The Hall–Kier alpha value is -0.160. The molecule has 0 unspecified atom stereocenters. The van der Waals surface area contributed by atoms with Crippen LogP contribution in [0, 0.1) is 0 Å². The SMILES string of the molecule is CCON1COCOC1. The van der Waals surface area contributed by atoms with Crippen LogP contribution in [-0.4, -0.2) is 31.9 Å². The summed E-state index contributed by atoms with van der Waals surface area (Å²) >= 11 is 0. The Balaban J connectivity index is 2.08. The molecule has 9 heavy (non-hydrogen) atoms. The van der Waals surface area contributed by atoms with Crippen LogP contribution in [0.25, 0.3) is 0 Å². The Bertz CT molecular complexity index is 69.8. The minimum Gasteiger partial charge on any atom is -0.338 e. The lowest BCUT2D eigenvalue weighted by molar-refractivity contribution is -0.307. The summed E-state index contributed by atoms with van der Waals surface area (Å²) in [7, 11) is 0. The lowest BCUT2D eigenvalue weighted by atomic mass is 10.9. The van der Waals surface area contributed by atoms with Gasteiger partial charge in [0.2, 0.25) is 0 Å². The van der Waals surface area contributed by atoms with Crippen molar-refractivity contribution in [3.8, 4) is 0 Å². The molecule has 4 heteroatoms. The summed E-state index contributed by atoms with van der Waals surface area (Å²) in [6.45, 7) is 3.98. The highest BCUT2D eigenvalue weighted by molar-refractivity contribution is 4.29. The van der Waals surface area contributed by atoms with Gasteiger partial charge in [-0.2, -0.15) is 0 Å². The summed E-state index contributed by atoms with van der Waals surface area (Å²) in [6, 6.07) is 0. The first-order valence-electron chi connectivity index (χ1n) is 2.97. The molecule has 1 fully saturated rings. The maximum atomic E-state index is 5.07. The summed E-state index contributed by atoms with van der Waals surface area (Å²) in [5, 5.41) is 1.63. The van der Waals surface area contributed by atoms with E-state index < -0.39 is 0 Å². The van der Waals surface area contributed by atoms with Crippen molar-refractivity contribution < 1.29 is 14.3 Å². The third-order valence-electron chi connectivity index (χ3n) is 0.949. The van der Waals surface area contributed by atoms with Gasteiger partial charge in [0.25, 0.3) is 0 Å². The lowest BCUT2D eigenvalue weighted by Gasteiger charge is -2.24. The van der Waals surface area contributed by atoms with Gasteiger partial charge < -0.3 is 9.47 Å². The Morgan fingerprint density at radius 2 is 2.11 bits per heavy atom. The molecule has 0 amide bonds. The van der Waals surface area contributed by atoms with Gasteiger partial charge in [-0.25, -0.2) is 0 Å². The van der Waals surface area contributed by atoms with Crippen LogP contribution in [0.1, 0.15) is 6.92 Å². The standard InChI is InChI=1S/C5H11NO3/c1-2-9-6-3-7-5-8-4-6/h2-5H2,1H3. The molecule has 0 saturated carbocycles. The fourth-order valence-corrected chi connectivity index (χ4v) is 0.631. The predicted molar refractivity (Wildman–Crippen MR) is 30.2 cm³/mol. The highest BCUT2D eigenvalue weighted by Gasteiger charge is 2.08. The molecule has 1 rings (SSSR count). The van der Waals surface area contributed by atoms with Gasteiger partial charge in [0.15, 0.2) is 0 Å². The number of hydrogen-bond acceptors (Lipinski definition) is 4. The van der Waals surface area contributed by atoms with E-state index in [-0.39, 0.29) is 0 Å². The number of nitrogens with zero attached hydrogens (tertiary/aromatic N) is 1. The minimum absolute atomic E-state index is 0.379. The summed E-state index contributed by atoms with van der Waals surface area (Å²) in [5.74, 6) is 0. The summed E-state index contributed by atoms with van der Waals surface area (Å²) in [5.41, 5.74) is 0. The van der Waals surface area contributed by atoms with Crippen molar-refractivity contribution in [1.29, 1.82) is 0 Å². The van der Waals surface area contributed by atoms with Crippen LogP contribution in [-0.2, 0) is 14.3 Å². The average molecular weight is 133 g/mol. The largest absolute Gasteiger partial charge is 0.338 e. The second kappa shape index (κ2) is 3.79. The molecule has 1 saturated heterocycles. The zero-order valence-corrected chi connectivity index (χ0v) is 5.50. The molecule has 0 bridgehead atoms. The van der Waals surface area contributed by atoms with Crippen LogP contribution in [0.3, 0.4) is 0 Å². The second-order valence-corrected chi connectivity index (χ2v) is 1.68. The third kappa shape index (κ3) is 2.28. The van der Waals surface area contributed by atoms with Crippen LogP contribution in [0.4, 0.5) is 0 Å². The monoisotopic (exact) mass is 133 g/mol. The van der Waals surface area contributed by atoms with E-state index >= 15 is 0 Å². The van der Waals surface area contributed by atoms with Crippen molar-refractivity contribution in [2.24, 2.45) is 0 Å². The first kappa shape index (κ1) is 6.95. The predicted octanol–water partition coefficient (Wildman–Crippen LogP) is 0.159. The van der Waals surface area contributed by atoms with Crippen molar-refractivity contribution in [1.82, 2.24) is 5.06 Å².